The van der Waals surface area contributed by atoms with E-state index in [0.29, 0.717) is 4.99 Å². The average Bonchev–Trinajstić information content (AvgIpc) is 2.53. The Balaban J connectivity index is 2.23. The van der Waals surface area contributed by atoms with Crippen LogP contribution in [0.5, 0.6) is 5.75 Å². The standard InChI is InChI=1S/C23H33NOSSi/c1-22(2,3)17-13-15-18(16-14-17)24-21(26)19-11-9-10-12-20(19)25-27(7,8)23(4,5)6/h9-16H,1-8H3,(H,24,26). The van der Waals surface area contributed by atoms with Crippen molar-refractivity contribution in [3.8, 4) is 5.75 Å². The van der Waals surface area contributed by atoms with Crippen molar-refractivity contribution < 1.29 is 4.43 Å². The van der Waals surface area contributed by atoms with Gasteiger partial charge in [-0.3, -0.25) is 0 Å². The maximum atomic E-state index is 6.53. The number of thiocarbonyl (C=S) groups is 1. The quantitative estimate of drug-likeness (QED) is 0.435. The van der Waals surface area contributed by atoms with E-state index in [9.17, 15) is 0 Å². The van der Waals surface area contributed by atoms with E-state index in [4.69, 9.17) is 16.6 Å². The van der Waals surface area contributed by atoms with Gasteiger partial charge < -0.3 is 9.74 Å². The monoisotopic (exact) mass is 399 g/mol. The topological polar surface area (TPSA) is 21.3 Å². The molecule has 0 radical (unpaired) electrons. The van der Waals surface area contributed by atoms with Gasteiger partial charge in [0.2, 0.25) is 0 Å². The second kappa shape index (κ2) is 7.76. The van der Waals surface area contributed by atoms with Crippen molar-refractivity contribution >= 4 is 31.2 Å². The number of anilines is 1. The summed E-state index contributed by atoms with van der Waals surface area (Å²) in [6.07, 6.45) is 0. The van der Waals surface area contributed by atoms with Crippen molar-refractivity contribution in [1.82, 2.24) is 0 Å². The molecule has 0 amide bonds. The van der Waals surface area contributed by atoms with Crippen molar-refractivity contribution in [3.05, 3.63) is 59.7 Å². The maximum absolute atomic E-state index is 6.53. The van der Waals surface area contributed by atoms with Gasteiger partial charge in [-0.1, -0.05) is 78.0 Å². The molecule has 0 aliphatic heterocycles. The zero-order valence-electron chi connectivity index (χ0n) is 17.9. The summed E-state index contributed by atoms with van der Waals surface area (Å²) in [6.45, 7) is 17.9. The molecule has 146 valence electrons. The predicted octanol–water partition coefficient (Wildman–Crippen LogP) is 7.16. The van der Waals surface area contributed by atoms with Gasteiger partial charge in [0.05, 0.1) is 0 Å². The van der Waals surface area contributed by atoms with Crippen molar-refractivity contribution in [2.45, 2.75) is 65.1 Å². The first-order valence-electron chi connectivity index (χ1n) is 9.51. The molecular weight excluding hydrogens is 366 g/mol. The minimum Gasteiger partial charge on any atom is -0.543 e. The molecular formula is C23H33NOSSi. The van der Waals surface area contributed by atoms with E-state index in [1.165, 1.54) is 5.56 Å². The van der Waals surface area contributed by atoms with Crippen LogP contribution in [-0.4, -0.2) is 13.3 Å². The highest BCUT2D eigenvalue weighted by Gasteiger charge is 2.39. The van der Waals surface area contributed by atoms with Crippen LogP contribution in [0.25, 0.3) is 0 Å². The van der Waals surface area contributed by atoms with Gasteiger partial charge >= 0.3 is 0 Å². The van der Waals surface area contributed by atoms with E-state index in [0.717, 1.165) is 17.0 Å². The lowest BCUT2D eigenvalue weighted by molar-refractivity contribution is 0.491. The second-order valence-corrected chi connectivity index (χ2v) is 14.8. The molecule has 2 rings (SSSR count). The summed E-state index contributed by atoms with van der Waals surface area (Å²) in [5.41, 5.74) is 3.39. The second-order valence-electron chi connectivity index (χ2n) is 9.64. The largest absolute Gasteiger partial charge is 0.543 e. The number of hydrogen-bond acceptors (Lipinski definition) is 2. The van der Waals surface area contributed by atoms with E-state index in [2.05, 4.69) is 84.2 Å². The summed E-state index contributed by atoms with van der Waals surface area (Å²) in [6, 6.07) is 16.5. The first-order valence-corrected chi connectivity index (χ1v) is 12.8. The third kappa shape index (κ3) is 5.42. The molecule has 0 aliphatic rings. The Kier molecular flexibility index (Phi) is 6.22. The van der Waals surface area contributed by atoms with Crippen molar-refractivity contribution in [2.24, 2.45) is 0 Å². The Bertz CT molecular complexity index is 798. The lowest BCUT2D eigenvalue weighted by atomic mass is 9.87. The average molecular weight is 400 g/mol. The molecule has 0 atom stereocenters. The molecule has 0 fully saturated rings. The molecule has 0 saturated carbocycles. The van der Waals surface area contributed by atoms with E-state index in [1.54, 1.807) is 0 Å². The van der Waals surface area contributed by atoms with E-state index in [1.807, 2.05) is 24.3 Å². The van der Waals surface area contributed by atoms with Crippen molar-refractivity contribution in [1.29, 1.82) is 0 Å². The van der Waals surface area contributed by atoms with Crippen LogP contribution in [0.15, 0.2) is 48.5 Å². The summed E-state index contributed by atoms with van der Waals surface area (Å²) in [5, 5.41) is 3.51. The molecule has 0 bridgehead atoms. The van der Waals surface area contributed by atoms with Gasteiger partial charge in [0.15, 0.2) is 0 Å². The lowest BCUT2D eigenvalue weighted by Gasteiger charge is -2.37. The molecule has 2 aromatic rings. The minimum absolute atomic E-state index is 0.137. The number of para-hydroxylation sites is 1. The van der Waals surface area contributed by atoms with E-state index >= 15 is 0 Å². The molecule has 2 nitrogen and oxygen atoms in total. The maximum Gasteiger partial charge on any atom is 0.250 e. The first kappa shape index (κ1) is 21.6. The number of hydrogen-bond donors (Lipinski definition) is 1. The molecule has 4 heteroatoms. The molecule has 2 aromatic carbocycles. The number of nitrogens with one attached hydrogen (secondary N) is 1. The molecule has 0 unspecified atom stereocenters. The van der Waals surface area contributed by atoms with Gasteiger partial charge in [0, 0.05) is 11.3 Å². The zero-order chi connectivity index (χ0) is 20.5. The summed E-state index contributed by atoms with van der Waals surface area (Å²) >= 11 is 5.70. The van der Waals surface area contributed by atoms with Crippen LogP contribution in [0.2, 0.25) is 18.1 Å². The highest BCUT2D eigenvalue weighted by molar-refractivity contribution is 7.81. The van der Waals surface area contributed by atoms with Gasteiger partial charge in [-0.2, -0.15) is 0 Å². The van der Waals surface area contributed by atoms with E-state index < -0.39 is 8.32 Å². The first-order chi connectivity index (χ1) is 12.3. The van der Waals surface area contributed by atoms with Crippen molar-refractivity contribution in [3.63, 3.8) is 0 Å². The van der Waals surface area contributed by atoms with Crippen LogP contribution in [-0.2, 0) is 5.41 Å². The smallest absolute Gasteiger partial charge is 0.250 e. The summed E-state index contributed by atoms with van der Waals surface area (Å²) < 4.78 is 6.53. The van der Waals surface area contributed by atoms with Crippen LogP contribution in [0.4, 0.5) is 5.69 Å². The van der Waals surface area contributed by atoms with Crippen LogP contribution in [0, 0.1) is 0 Å². The Hall–Kier alpha value is -1.65. The summed E-state index contributed by atoms with van der Waals surface area (Å²) in [5.74, 6) is 0.868. The fourth-order valence-electron chi connectivity index (χ4n) is 2.42. The van der Waals surface area contributed by atoms with Gasteiger partial charge in [-0.05, 0) is 53.4 Å². The van der Waals surface area contributed by atoms with Crippen LogP contribution < -0.4 is 9.74 Å². The van der Waals surface area contributed by atoms with E-state index in [-0.39, 0.29) is 10.5 Å². The summed E-state index contributed by atoms with van der Waals surface area (Å²) in [7, 11) is -1.93. The molecule has 0 aliphatic carbocycles. The third-order valence-corrected chi connectivity index (χ3v) is 9.98. The Labute approximate surface area is 171 Å². The number of benzene rings is 2. The SMILES string of the molecule is CC(C)(C)c1ccc(NC(=S)c2ccccc2O[Si](C)(C)C(C)(C)C)cc1. The molecule has 27 heavy (non-hydrogen) atoms. The minimum atomic E-state index is -1.93. The zero-order valence-corrected chi connectivity index (χ0v) is 19.8. The van der Waals surface area contributed by atoms with Crippen LogP contribution in [0.1, 0.15) is 52.7 Å². The Morgan fingerprint density at radius 3 is 1.96 bits per heavy atom. The highest BCUT2D eigenvalue weighted by Crippen LogP contribution is 2.38. The molecule has 0 heterocycles. The van der Waals surface area contributed by atoms with Crippen LogP contribution in [0.3, 0.4) is 0 Å². The van der Waals surface area contributed by atoms with Gasteiger partial charge in [-0.15, -0.1) is 0 Å². The molecule has 0 aromatic heterocycles. The fraction of sp³-hybridized carbons (Fsp3) is 0.435. The normalized spacial score (nSPS) is 12.6. The molecule has 1 N–H and O–H groups in total. The fourth-order valence-corrected chi connectivity index (χ4v) is 3.74. The summed E-state index contributed by atoms with van der Waals surface area (Å²) in [4.78, 5) is 0.688. The number of rotatable bonds is 4. The predicted molar refractivity (Wildman–Crippen MR) is 125 cm³/mol. The van der Waals surface area contributed by atoms with Gasteiger partial charge in [0.1, 0.15) is 10.7 Å². The third-order valence-electron chi connectivity index (χ3n) is 5.31. The lowest BCUT2D eigenvalue weighted by Crippen LogP contribution is -2.44. The van der Waals surface area contributed by atoms with Gasteiger partial charge in [-0.25, -0.2) is 0 Å². The highest BCUT2D eigenvalue weighted by atomic mass is 32.1. The molecule has 0 spiro atoms. The Morgan fingerprint density at radius 2 is 1.44 bits per heavy atom. The Morgan fingerprint density at radius 1 is 0.889 bits per heavy atom. The molecule has 0 saturated heterocycles. The van der Waals surface area contributed by atoms with Crippen LogP contribution >= 0.6 is 12.2 Å². The van der Waals surface area contributed by atoms with Gasteiger partial charge in [0.25, 0.3) is 8.32 Å². The van der Waals surface area contributed by atoms with Crippen molar-refractivity contribution in [2.75, 3.05) is 5.32 Å².